The second-order valence-corrected chi connectivity index (χ2v) is 7.84. The summed E-state index contributed by atoms with van der Waals surface area (Å²) in [6, 6.07) is 1.93. The number of carbonyl (C=O) groups is 1. The Kier molecular flexibility index (Phi) is 4.17. The minimum absolute atomic E-state index is 0.0532. The highest BCUT2D eigenvalue weighted by Crippen LogP contribution is 2.34. The fraction of sp³-hybridized carbons (Fsp3) is 0.556. The molecule has 2 aliphatic heterocycles. The largest absolute Gasteiger partial charge is 0.347 e. The molecule has 0 atom stereocenters. The SMILES string of the molecule is CCn1ccc2sc(C)c(C(=O)N3CCC4(CC3)OCCO4)c2c1=O. The number of amides is 1. The number of aromatic nitrogens is 1. The maximum Gasteiger partial charge on any atom is 0.260 e. The summed E-state index contributed by atoms with van der Waals surface area (Å²) in [6.07, 6.45) is 3.16. The van der Waals surface area contributed by atoms with Crippen molar-refractivity contribution >= 4 is 27.3 Å². The molecular formula is C18H22N2O4S. The molecule has 134 valence electrons. The fourth-order valence-electron chi connectivity index (χ4n) is 3.77. The van der Waals surface area contributed by atoms with Gasteiger partial charge in [0, 0.05) is 48.2 Å². The molecule has 0 N–H and O–H groups in total. The van der Waals surface area contributed by atoms with Crippen molar-refractivity contribution in [2.24, 2.45) is 0 Å². The molecule has 6 nitrogen and oxygen atoms in total. The monoisotopic (exact) mass is 362 g/mol. The predicted molar refractivity (Wildman–Crippen MR) is 96.3 cm³/mol. The summed E-state index contributed by atoms with van der Waals surface area (Å²) in [7, 11) is 0. The molecule has 1 spiro atoms. The van der Waals surface area contributed by atoms with E-state index in [1.54, 1.807) is 10.8 Å². The van der Waals surface area contributed by atoms with Gasteiger partial charge < -0.3 is 18.9 Å². The number of thiophene rings is 1. The van der Waals surface area contributed by atoms with E-state index >= 15 is 0 Å². The summed E-state index contributed by atoms with van der Waals surface area (Å²) in [4.78, 5) is 28.6. The van der Waals surface area contributed by atoms with Crippen LogP contribution < -0.4 is 5.56 Å². The lowest BCUT2D eigenvalue weighted by atomic mass is 10.0. The van der Waals surface area contributed by atoms with Gasteiger partial charge in [-0.1, -0.05) is 0 Å². The lowest BCUT2D eigenvalue weighted by Gasteiger charge is -2.37. The van der Waals surface area contributed by atoms with Crippen LogP contribution in [0.5, 0.6) is 0 Å². The second-order valence-electron chi connectivity index (χ2n) is 6.58. The van der Waals surface area contributed by atoms with E-state index < -0.39 is 5.79 Å². The van der Waals surface area contributed by atoms with E-state index in [0.29, 0.717) is 56.6 Å². The first-order valence-electron chi connectivity index (χ1n) is 8.74. The van der Waals surface area contributed by atoms with Gasteiger partial charge in [0.1, 0.15) is 0 Å². The Balaban J connectivity index is 1.66. The van der Waals surface area contributed by atoms with Gasteiger partial charge in [0.05, 0.1) is 24.2 Å². The molecule has 0 aromatic carbocycles. The Hall–Kier alpha value is -1.70. The molecule has 2 fully saturated rings. The molecule has 1 amide bonds. The third kappa shape index (κ3) is 2.70. The van der Waals surface area contributed by atoms with Gasteiger partial charge in [-0.25, -0.2) is 0 Å². The van der Waals surface area contributed by atoms with Crippen molar-refractivity contribution < 1.29 is 14.3 Å². The Bertz CT molecular complexity index is 869. The summed E-state index contributed by atoms with van der Waals surface area (Å²) < 4.78 is 14.0. The molecular weight excluding hydrogens is 340 g/mol. The van der Waals surface area contributed by atoms with Crippen molar-refractivity contribution in [3.63, 3.8) is 0 Å². The zero-order valence-electron chi connectivity index (χ0n) is 14.5. The highest BCUT2D eigenvalue weighted by Gasteiger charge is 2.41. The van der Waals surface area contributed by atoms with E-state index in [2.05, 4.69) is 0 Å². The molecule has 7 heteroatoms. The zero-order valence-corrected chi connectivity index (χ0v) is 15.4. The normalized spacial score (nSPS) is 19.8. The minimum atomic E-state index is -0.503. The van der Waals surface area contributed by atoms with Crippen LogP contribution in [0.3, 0.4) is 0 Å². The number of rotatable bonds is 2. The number of likely N-dealkylation sites (tertiary alicyclic amines) is 1. The highest BCUT2D eigenvalue weighted by molar-refractivity contribution is 7.19. The molecule has 4 rings (SSSR count). The van der Waals surface area contributed by atoms with Crippen molar-refractivity contribution in [1.29, 1.82) is 0 Å². The number of pyridine rings is 1. The van der Waals surface area contributed by atoms with Crippen LogP contribution in [0.2, 0.25) is 0 Å². The Morgan fingerprint density at radius 2 is 1.96 bits per heavy atom. The number of piperidine rings is 1. The smallest absolute Gasteiger partial charge is 0.260 e. The Labute approximate surface area is 149 Å². The molecule has 0 radical (unpaired) electrons. The number of aryl methyl sites for hydroxylation is 2. The summed E-state index contributed by atoms with van der Waals surface area (Å²) in [5.74, 6) is -0.556. The summed E-state index contributed by atoms with van der Waals surface area (Å²) in [5.41, 5.74) is 0.487. The molecule has 0 unspecified atom stereocenters. The van der Waals surface area contributed by atoms with Crippen molar-refractivity contribution in [2.45, 2.75) is 39.0 Å². The minimum Gasteiger partial charge on any atom is -0.347 e. The van der Waals surface area contributed by atoms with Crippen LogP contribution in [-0.2, 0) is 16.0 Å². The van der Waals surface area contributed by atoms with Crippen LogP contribution in [-0.4, -0.2) is 47.5 Å². The summed E-state index contributed by atoms with van der Waals surface area (Å²) >= 11 is 1.51. The third-order valence-electron chi connectivity index (χ3n) is 5.17. The average Bonchev–Trinajstić information content (AvgIpc) is 3.20. The number of fused-ring (bicyclic) bond motifs is 1. The topological polar surface area (TPSA) is 60.8 Å². The van der Waals surface area contributed by atoms with E-state index in [-0.39, 0.29) is 11.5 Å². The zero-order chi connectivity index (χ0) is 17.6. The van der Waals surface area contributed by atoms with Crippen molar-refractivity contribution in [3.8, 4) is 0 Å². The van der Waals surface area contributed by atoms with Crippen LogP contribution in [0.25, 0.3) is 10.1 Å². The number of ether oxygens (including phenoxy) is 2. The van der Waals surface area contributed by atoms with Gasteiger partial charge in [0.25, 0.3) is 11.5 Å². The number of carbonyl (C=O) groups excluding carboxylic acids is 1. The number of hydrogen-bond acceptors (Lipinski definition) is 5. The van der Waals surface area contributed by atoms with Gasteiger partial charge in [-0.3, -0.25) is 9.59 Å². The summed E-state index contributed by atoms with van der Waals surface area (Å²) in [6.45, 7) is 6.87. The van der Waals surface area contributed by atoms with Crippen LogP contribution in [0, 0.1) is 6.92 Å². The van der Waals surface area contributed by atoms with Crippen LogP contribution in [0.4, 0.5) is 0 Å². The van der Waals surface area contributed by atoms with Crippen LogP contribution in [0.15, 0.2) is 17.1 Å². The van der Waals surface area contributed by atoms with Crippen LogP contribution in [0.1, 0.15) is 35.0 Å². The van der Waals surface area contributed by atoms with Crippen LogP contribution >= 0.6 is 11.3 Å². The first kappa shape index (κ1) is 16.8. The second kappa shape index (κ2) is 6.23. The predicted octanol–water partition coefficient (Wildman–Crippen LogP) is 2.37. The fourth-order valence-corrected chi connectivity index (χ4v) is 4.81. The van der Waals surface area contributed by atoms with E-state index in [0.717, 1.165) is 9.58 Å². The Morgan fingerprint density at radius 1 is 1.28 bits per heavy atom. The van der Waals surface area contributed by atoms with Gasteiger partial charge in [0.15, 0.2) is 5.79 Å². The van der Waals surface area contributed by atoms with E-state index in [4.69, 9.17) is 9.47 Å². The molecule has 2 saturated heterocycles. The van der Waals surface area contributed by atoms with E-state index in [9.17, 15) is 9.59 Å². The Morgan fingerprint density at radius 3 is 2.60 bits per heavy atom. The molecule has 25 heavy (non-hydrogen) atoms. The molecule has 0 bridgehead atoms. The quantitative estimate of drug-likeness (QED) is 0.823. The number of hydrogen-bond donors (Lipinski definition) is 0. The summed E-state index contributed by atoms with van der Waals surface area (Å²) in [5, 5.41) is 0.561. The lowest BCUT2D eigenvalue weighted by molar-refractivity contribution is -0.181. The van der Waals surface area contributed by atoms with Crippen molar-refractivity contribution in [1.82, 2.24) is 9.47 Å². The van der Waals surface area contributed by atoms with E-state index in [1.165, 1.54) is 11.3 Å². The van der Waals surface area contributed by atoms with Gasteiger partial charge in [-0.05, 0) is 19.9 Å². The van der Waals surface area contributed by atoms with Gasteiger partial charge in [0.2, 0.25) is 0 Å². The first-order valence-corrected chi connectivity index (χ1v) is 9.56. The average molecular weight is 362 g/mol. The highest BCUT2D eigenvalue weighted by atomic mass is 32.1. The van der Waals surface area contributed by atoms with Gasteiger partial charge in [-0.15, -0.1) is 11.3 Å². The first-order chi connectivity index (χ1) is 12.0. The molecule has 0 aliphatic carbocycles. The molecule has 2 aromatic rings. The molecule has 2 aliphatic rings. The maximum atomic E-state index is 13.2. The van der Waals surface area contributed by atoms with Crippen molar-refractivity contribution in [2.75, 3.05) is 26.3 Å². The third-order valence-corrected chi connectivity index (χ3v) is 6.24. The standard InChI is InChI=1S/C18H22N2O4S/c1-3-19-7-4-13-15(17(19)22)14(12(2)25-13)16(21)20-8-5-18(6-9-20)23-10-11-24-18/h4,7H,3,5-6,8-11H2,1-2H3. The molecule has 0 saturated carbocycles. The number of nitrogens with zero attached hydrogens (tertiary/aromatic N) is 2. The molecule has 2 aromatic heterocycles. The van der Waals surface area contributed by atoms with E-state index in [1.807, 2.05) is 24.8 Å². The van der Waals surface area contributed by atoms with Gasteiger partial charge >= 0.3 is 0 Å². The van der Waals surface area contributed by atoms with Crippen molar-refractivity contribution in [3.05, 3.63) is 33.1 Å². The molecule has 4 heterocycles. The maximum absolute atomic E-state index is 13.2. The van der Waals surface area contributed by atoms with Gasteiger partial charge in [-0.2, -0.15) is 0 Å². The lowest BCUT2D eigenvalue weighted by Crippen LogP contribution is -2.47.